The molecule has 0 bridgehead atoms. The van der Waals surface area contributed by atoms with E-state index in [1.807, 2.05) is 0 Å². The summed E-state index contributed by atoms with van der Waals surface area (Å²) in [6.07, 6.45) is 2.67. The molecule has 0 radical (unpaired) electrons. The van der Waals surface area contributed by atoms with Crippen LogP contribution < -0.4 is 10.1 Å². The predicted molar refractivity (Wildman–Crippen MR) is 93.8 cm³/mol. The number of nitrogens with one attached hydrogen (secondary N) is 1. The number of carbonyl (C=O) groups is 1. The first-order chi connectivity index (χ1) is 11.4. The summed E-state index contributed by atoms with van der Waals surface area (Å²) in [6.45, 7) is 0. The molecule has 2 rings (SSSR count). The van der Waals surface area contributed by atoms with Crippen LogP contribution in [0, 0.1) is 10.1 Å². The van der Waals surface area contributed by atoms with Crippen molar-refractivity contribution >= 4 is 46.6 Å². The molecule has 1 amide bonds. The summed E-state index contributed by atoms with van der Waals surface area (Å²) < 4.78 is 5.17. The van der Waals surface area contributed by atoms with Crippen molar-refractivity contribution < 1.29 is 14.5 Å². The molecule has 0 unspecified atom stereocenters. The Labute approximate surface area is 147 Å². The molecule has 8 heteroatoms. The van der Waals surface area contributed by atoms with E-state index >= 15 is 0 Å². The van der Waals surface area contributed by atoms with Crippen LogP contribution in [0.3, 0.4) is 0 Å². The van der Waals surface area contributed by atoms with Crippen LogP contribution in [0.15, 0.2) is 42.5 Å². The number of nitrogens with zero attached hydrogens (tertiary/aromatic N) is 1. The largest absolute Gasteiger partial charge is 0.495 e. The van der Waals surface area contributed by atoms with Crippen LogP contribution in [-0.4, -0.2) is 17.9 Å². The van der Waals surface area contributed by atoms with Gasteiger partial charge in [-0.25, -0.2) is 0 Å². The summed E-state index contributed by atoms with van der Waals surface area (Å²) in [5, 5.41) is 14.1. The summed E-state index contributed by atoms with van der Waals surface area (Å²) in [6, 6.07) is 8.96. The molecule has 0 saturated carbocycles. The van der Waals surface area contributed by atoms with Crippen molar-refractivity contribution in [3.8, 4) is 5.75 Å². The molecule has 0 aliphatic rings. The van der Waals surface area contributed by atoms with Crippen LogP contribution in [0.4, 0.5) is 11.4 Å². The molecule has 24 heavy (non-hydrogen) atoms. The Morgan fingerprint density at radius 3 is 2.67 bits per heavy atom. The monoisotopic (exact) mass is 366 g/mol. The molecule has 0 atom stereocenters. The molecule has 0 aliphatic carbocycles. The average Bonchev–Trinajstić information content (AvgIpc) is 2.52. The van der Waals surface area contributed by atoms with Crippen molar-refractivity contribution in [2.24, 2.45) is 0 Å². The Kier molecular flexibility index (Phi) is 5.78. The van der Waals surface area contributed by atoms with E-state index in [4.69, 9.17) is 27.9 Å². The van der Waals surface area contributed by atoms with Crippen LogP contribution in [0.5, 0.6) is 5.75 Å². The first-order valence-electron chi connectivity index (χ1n) is 6.68. The molecule has 0 aromatic heterocycles. The maximum Gasteiger partial charge on any atom is 0.292 e. The fourth-order valence-corrected chi connectivity index (χ4v) is 2.58. The van der Waals surface area contributed by atoms with E-state index in [-0.39, 0.29) is 11.4 Å². The van der Waals surface area contributed by atoms with Gasteiger partial charge < -0.3 is 10.1 Å². The quantitative estimate of drug-likeness (QED) is 0.477. The number of amides is 1. The zero-order chi connectivity index (χ0) is 17.7. The van der Waals surface area contributed by atoms with Gasteiger partial charge in [0.05, 0.1) is 17.1 Å². The summed E-state index contributed by atoms with van der Waals surface area (Å²) in [5.41, 5.74) is 0.420. The lowest BCUT2D eigenvalue weighted by molar-refractivity contribution is -0.383. The molecule has 0 spiro atoms. The molecule has 1 N–H and O–H groups in total. The van der Waals surface area contributed by atoms with E-state index in [1.54, 1.807) is 12.1 Å². The molecule has 0 aliphatic heterocycles. The number of benzene rings is 2. The zero-order valence-corrected chi connectivity index (χ0v) is 14.0. The topological polar surface area (TPSA) is 81.5 Å². The van der Waals surface area contributed by atoms with Crippen molar-refractivity contribution in [3.63, 3.8) is 0 Å². The van der Waals surface area contributed by atoms with Gasteiger partial charge in [-0.1, -0.05) is 35.3 Å². The molecule has 124 valence electrons. The number of nitro benzene ring substituents is 1. The molecule has 2 aromatic carbocycles. The first kappa shape index (κ1) is 17.8. The number of ether oxygens (including phenoxy) is 1. The predicted octanol–water partition coefficient (Wildman–Crippen LogP) is 4.56. The highest BCUT2D eigenvalue weighted by atomic mass is 35.5. The number of hydrogen-bond donors (Lipinski definition) is 1. The summed E-state index contributed by atoms with van der Waals surface area (Å²) in [7, 11) is 1.44. The van der Waals surface area contributed by atoms with Crippen LogP contribution in [0.25, 0.3) is 6.08 Å². The van der Waals surface area contributed by atoms with Crippen LogP contribution >= 0.6 is 23.2 Å². The third kappa shape index (κ3) is 4.24. The lowest BCUT2D eigenvalue weighted by atomic mass is 10.2. The average molecular weight is 367 g/mol. The van der Waals surface area contributed by atoms with Crippen molar-refractivity contribution in [1.29, 1.82) is 0 Å². The van der Waals surface area contributed by atoms with Crippen LogP contribution in [-0.2, 0) is 4.79 Å². The Balaban J connectivity index is 2.22. The van der Waals surface area contributed by atoms with Crippen molar-refractivity contribution in [3.05, 3.63) is 68.2 Å². The smallest absolute Gasteiger partial charge is 0.292 e. The second-order valence-corrected chi connectivity index (χ2v) is 5.45. The molecule has 6 nitrogen and oxygen atoms in total. The van der Waals surface area contributed by atoms with E-state index in [0.29, 0.717) is 21.4 Å². The van der Waals surface area contributed by atoms with Crippen LogP contribution in [0.1, 0.15) is 5.56 Å². The second-order valence-electron chi connectivity index (χ2n) is 4.61. The van der Waals surface area contributed by atoms with Gasteiger partial charge in [0.1, 0.15) is 11.4 Å². The highest BCUT2D eigenvalue weighted by Crippen LogP contribution is 2.33. The Hall–Kier alpha value is -2.57. The first-order valence-corrected chi connectivity index (χ1v) is 7.43. The summed E-state index contributed by atoms with van der Waals surface area (Å²) >= 11 is 11.9. The number of methoxy groups -OCH3 is 1. The number of para-hydroxylation sites is 2. The molecular weight excluding hydrogens is 355 g/mol. The fourth-order valence-electron chi connectivity index (χ4n) is 2.00. The van der Waals surface area contributed by atoms with E-state index in [2.05, 4.69) is 5.32 Å². The Morgan fingerprint density at radius 1 is 1.29 bits per heavy atom. The number of carbonyl (C=O) groups excluding carboxylic acids is 1. The summed E-state index contributed by atoms with van der Waals surface area (Å²) in [5.74, 6) is -0.168. The fraction of sp³-hybridized carbons (Fsp3) is 0.0625. The minimum absolute atomic E-state index is 0.105. The van der Waals surface area contributed by atoms with Crippen LogP contribution in [0.2, 0.25) is 10.0 Å². The van der Waals surface area contributed by atoms with Gasteiger partial charge in [0.15, 0.2) is 0 Å². The van der Waals surface area contributed by atoms with Crippen molar-refractivity contribution in [2.45, 2.75) is 0 Å². The maximum absolute atomic E-state index is 12.0. The molecule has 0 heterocycles. The van der Waals surface area contributed by atoms with Crippen molar-refractivity contribution in [2.75, 3.05) is 12.4 Å². The standard InChI is InChI=1S/C16H12Cl2N2O4/c1-24-16-10(8-11(17)9-12(16)18)6-7-15(21)19-13-4-2-3-5-14(13)20(22)23/h2-9H,1H3,(H,19,21)/b7-6+. The maximum atomic E-state index is 12.0. The van der Waals surface area contributed by atoms with E-state index in [0.717, 1.165) is 0 Å². The minimum Gasteiger partial charge on any atom is -0.495 e. The number of anilines is 1. The third-order valence-corrected chi connectivity index (χ3v) is 3.51. The van der Waals surface area contributed by atoms with Gasteiger partial charge in [-0.15, -0.1) is 0 Å². The normalized spacial score (nSPS) is 10.6. The number of halogens is 2. The molecule has 0 fully saturated rings. The van der Waals surface area contributed by atoms with Gasteiger partial charge >= 0.3 is 0 Å². The van der Waals surface area contributed by atoms with Gasteiger partial charge in [0, 0.05) is 22.7 Å². The highest BCUT2D eigenvalue weighted by Gasteiger charge is 2.14. The van der Waals surface area contributed by atoms with Crippen molar-refractivity contribution in [1.82, 2.24) is 0 Å². The SMILES string of the molecule is COc1c(Cl)cc(Cl)cc1/C=C/C(=O)Nc1ccccc1[N+](=O)[O-]. The van der Waals surface area contributed by atoms with E-state index in [1.165, 1.54) is 43.5 Å². The molecule has 0 saturated heterocycles. The second kappa shape index (κ2) is 7.81. The van der Waals surface area contributed by atoms with Gasteiger partial charge in [-0.05, 0) is 24.3 Å². The zero-order valence-electron chi connectivity index (χ0n) is 12.5. The number of hydrogen-bond acceptors (Lipinski definition) is 4. The number of rotatable bonds is 5. The lowest BCUT2D eigenvalue weighted by Crippen LogP contribution is -2.09. The van der Waals surface area contributed by atoms with Gasteiger partial charge in [0.25, 0.3) is 5.69 Å². The highest BCUT2D eigenvalue weighted by molar-refractivity contribution is 6.36. The molecular formula is C16H12Cl2N2O4. The Bertz CT molecular complexity index is 822. The van der Waals surface area contributed by atoms with E-state index in [9.17, 15) is 14.9 Å². The summed E-state index contributed by atoms with van der Waals surface area (Å²) in [4.78, 5) is 22.4. The lowest BCUT2D eigenvalue weighted by Gasteiger charge is -2.08. The van der Waals surface area contributed by atoms with Gasteiger partial charge in [-0.3, -0.25) is 14.9 Å². The van der Waals surface area contributed by atoms with Gasteiger partial charge in [-0.2, -0.15) is 0 Å². The minimum atomic E-state index is -0.570. The van der Waals surface area contributed by atoms with E-state index < -0.39 is 10.8 Å². The third-order valence-electron chi connectivity index (χ3n) is 3.01. The number of nitro groups is 1. The van der Waals surface area contributed by atoms with Gasteiger partial charge in [0.2, 0.25) is 5.91 Å². The Morgan fingerprint density at radius 2 is 2.00 bits per heavy atom. The molecule has 2 aromatic rings.